The zero-order valence-corrected chi connectivity index (χ0v) is 10.5. The van der Waals surface area contributed by atoms with Crippen molar-refractivity contribution in [1.82, 2.24) is 10.2 Å². The van der Waals surface area contributed by atoms with Crippen LogP contribution < -0.4 is 5.32 Å². The van der Waals surface area contributed by atoms with Gasteiger partial charge in [-0.1, -0.05) is 0 Å². The molecule has 1 amide bonds. The number of ether oxygens (including phenoxy) is 1. The quantitative estimate of drug-likeness (QED) is 0.682. The minimum atomic E-state index is -0.393. The molecule has 3 rings (SSSR count). The Kier molecular flexibility index (Phi) is 3.10. The van der Waals surface area contributed by atoms with Gasteiger partial charge in [0.15, 0.2) is 0 Å². The maximum absolute atomic E-state index is 12.0. The third kappa shape index (κ3) is 2.88. The zero-order valence-electron chi connectivity index (χ0n) is 10.5. The summed E-state index contributed by atoms with van der Waals surface area (Å²) in [5, 5.41) is 3.48. The van der Waals surface area contributed by atoms with Gasteiger partial charge in [0.1, 0.15) is 5.60 Å². The van der Waals surface area contributed by atoms with Crippen LogP contribution in [0.15, 0.2) is 0 Å². The highest BCUT2D eigenvalue weighted by Gasteiger charge is 2.33. The summed E-state index contributed by atoms with van der Waals surface area (Å²) in [6, 6.07) is 0.464. The summed E-state index contributed by atoms with van der Waals surface area (Å²) in [6.45, 7) is 8.43. The molecule has 3 aliphatic rings. The molecule has 16 heavy (non-hydrogen) atoms. The highest BCUT2D eigenvalue weighted by molar-refractivity contribution is 5.68. The lowest BCUT2D eigenvalue weighted by atomic mass is 9.97. The van der Waals surface area contributed by atoms with Crippen molar-refractivity contribution >= 4 is 6.09 Å². The van der Waals surface area contributed by atoms with E-state index in [0.717, 1.165) is 19.6 Å². The van der Waals surface area contributed by atoms with Crippen molar-refractivity contribution in [3.63, 3.8) is 0 Å². The van der Waals surface area contributed by atoms with Crippen LogP contribution in [0.4, 0.5) is 4.79 Å². The van der Waals surface area contributed by atoms with Gasteiger partial charge in [-0.15, -0.1) is 0 Å². The van der Waals surface area contributed by atoms with E-state index in [1.807, 2.05) is 25.7 Å². The second kappa shape index (κ2) is 4.24. The van der Waals surface area contributed by atoms with Gasteiger partial charge >= 0.3 is 6.09 Å². The summed E-state index contributed by atoms with van der Waals surface area (Å²) in [6.07, 6.45) is 2.26. The van der Waals surface area contributed by atoms with Crippen LogP contribution in [0, 0.1) is 5.92 Å². The first kappa shape index (κ1) is 11.7. The van der Waals surface area contributed by atoms with Crippen LogP contribution >= 0.6 is 0 Å². The Balaban J connectivity index is 1.96. The van der Waals surface area contributed by atoms with Crippen LogP contribution in [0.2, 0.25) is 0 Å². The topological polar surface area (TPSA) is 41.6 Å². The summed E-state index contributed by atoms with van der Waals surface area (Å²) in [5.41, 5.74) is -0.393. The monoisotopic (exact) mass is 226 g/mol. The number of carbonyl (C=O) groups is 1. The summed E-state index contributed by atoms with van der Waals surface area (Å²) in [7, 11) is 0. The van der Waals surface area contributed by atoms with Crippen LogP contribution in [0.3, 0.4) is 0 Å². The SMILES string of the molecule is CC(C)(C)OC(=O)N1C[C@H]2CC[C@@H](C1)NC2. The van der Waals surface area contributed by atoms with Crippen molar-refractivity contribution in [1.29, 1.82) is 0 Å². The molecule has 2 bridgehead atoms. The van der Waals surface area contributed by atoms with E-state index in [0.29, 0.717) is 12.0 Å². The first-order valence-corrected chi connectivity index (χ1v) is 6.15. The van der Waals surface area contributed by atoms with Gasteiger partial charge in [0.2, 0.25) is 0 Å². The second-order valence-corrected chi connectivity index (χ2v) is 5.93. The molecular weight excluding hydrogens is 204 g/mol. The molecule has 92 valence electrons. The Morgan fingerprint density at radius 2 is 2.06 bits per heavy atom. The number of rotatable bonds is 0. The van der Waals surface area contributed by atoms with E-state index < -0.39 is 5.60 Å². The van der Waals surface area contributed by atoms with Gasteiger partial charge < -0.3 is 15.0 Å². The molecule has 3 aliphatic heterocycles. The van der Waals surface area contributed by atoms with E-state index in [-0.39, 0.29) is 6.09 Å². The summed E-state index contributed by atoms with van der Waals surface area (Å²) >= 11 is 0. The van der Waals surface area contributed by atoms with Crippen LogP contribution in [0.1, 0.15) is 33.6 Å². The van der Waals surface area contributed by atoms with Gasteiger partial charge in [-0.05, 0) is 46.1 Å². The molecule has 3 fully saturated rings. The van der Waals surface area contributed by atoms with Crippen molar-refractivity contribution in [3.8, 4) is 0 Å². The Hall–Kier alpha value is -0.770. The predicted molar refractivity (Wildman–Crippen MR) is 62.3 cm³/mol. The molecule has 0 aromatic rings. The molecule has 2 atom stereocenters. The molecule has 0 spiro atoms. The van der Waals surface area contributed by atoms with Crippen molar-refractivity contribution in [3.05, 3.63) is 0 Å². The molecule has 4 nitrogen and oxygen atoms in total. The smallest absolute Gasteiger partial charge is 0.410 e. The zero-order chi connectivity index (χ0) is 11.8. The molecule has 0 unspecified atom stereocenters. The normalized spacial score (nSPS) is 30.1. The Morgan fingerprint density at radius 1 is 1.31 bits per heavy atom. The van der Waals surface area contributed by atoms with Gasteiger partial charge in [-0.25, -0.2) is 4.79 Å². The Bertz CT molecular complexity index is 251. The van der Waals surface area contributed by atoms with Crippen molar-refractivity contribution in [2.75, 3.05) is 19.6 Å². The number of fused-ring (bicyclic) bond motifs is 4. The van der Waals surface area contributed by atoms with E-state index in [9.17, 15) is 4.79 Å². The van der Waals surface area contributed by atoms with E-state index >= 15 is 0 Å². The molecule has 0 saturated carbocycles. The van der Waals surface area contributed by atoms with Gasteiger partial charge in [0, 0.05) is 19.1 Å². The van der Waals surface area contributed by atoms with Gasteiger partial charge in [0.05, 0.1) is 0 Å². The second-order valence-electron chi connectivity index (χ2n) is 5.93. The number of hydrogen-bond donors (Lipinski definition) is 1. The van der Waals surface area contributed by atoms with Gasteiger partial charge in [0.25, 0.3) is 0 Å². The third-order valence-corrected chi connectivity index (χ3v) is 3.19. The maximum Gasteiger partial charge on any atom is 0.410 e. The lowest BCUT2D eigenvalue weighted by molar-refractivity contribution is 0.0242. The van der Waals surface area contributed by atoms with Crippen molar-refractivity contribution < 1.29 is 9.53 Å². The molecule has 1 N–H and O–H groups in total. The highest BCUT2D eigenvalue weighted by atomic mass is 16.6. The van der Waals surface area contributed by atoms with E-state index in [4.69, 9.17) is 4.74 Å². The summed E-state index contributed by atoms with van der Waals surface area (Å²) < 4.78 is 5.42. The fourth-order valence-corrected chi connectivity index (χ4v) is 2.41. The number of carbonyl (C=O) groups excluding carboxylic acids is 1. The Labute approximate surface area is 97.3 Å². The minimum absolute atomic E-state index is 0.159. The number of amides is 1. The van der Waals surface area contributed by atoms with Crippen LogP contribution in [0.5, 0.6) is 0 Å². The maximum atomic E-state index is 12.0. The predicted octanol–water partition coefficient (Wildman–Crippen LogP) is 1.61. The number of piperidine rings is 1. The van der Waals surface area contributed by atoms with Crippen LogP contribution in [0.25, 0.3) is 0 Å². The third-order valence-electron chi connectivity index (χ3n) is 3.19. The molecule has 0 aliphatic carbocycles. The fourth-order valence-electron chi connectivity index (χ4n) is 2.41. The molecule has 4 heteroatoms. The lowest BCUT2D eigenvalue weighted by Gasteiger charge is -2.27. The minimum Gasteiger partial charge on any atom is -0.444 e. The molecule has 3 saturated heterocycles. The van der Waals surface area contributed by atoms with E-state index in [2.05, 4.69) is 5.32 Å². The number of hydrogen-bond acceptors (Lipinski definition) is 3. The largest absolute Gasteiger partial charge is 0.444 e. The molecule has 0 aromatic carbocycles. The average Bonchev–Trinajstić information content (AvgIpc) is 2.47. The molecule has 0 aromatic heterocycles. The van der Waals surface area contributed by atoms with Gasteiger partial charge in [-0.3, -0.25) is 0 Å². The number of nitrogens with one attached hydrogen (secondary N) is 1. The first-order chi connectivity index (χ1) is 7.44. The summed E-state index contributed by atoms with van der Waals surface area (Å²) in [4.78, 5) is 13.8. The standard InChI is InChI=1S/C12H22N2O2/c1-12(2,3)16-11(15)14-7-9-4-5-10(8-14)13-6-9/h9-10,13H,4-8H2,1-3H3/t9-,10-/m0/s1. The number of nitrogens with zero attached hydrogens (tertiary/aromatic N) is 1. The lowest BCUT2D eigenvalue weighted by Crippen LogP contribution is -2.42. The van der Waals surface area contributed by atoms with Crippen LogP contribution in [-0.2, 0) is 4.74 Å². The van der Waals surface area contributed by atoms with E-state index in [1.54, 1.807) is 0 Å². The average molecular weight is 226 g/mol. The van der Waals surface area contributed by atoms with Crippen molar-refractivity contribution in [2.24, 2.45) is 5.92 Å². The Morgan fingerprint density at radius 3 is 2.62 bits per heavy atom. The summed E-state index contributed by atoms with van der Waals surface area (Å²) in [5.74, 6) is 0.603. The molecular formula is C12H22N2O2. The van der Waals surface area contributed by atoms with Gasteiger partial charge in [-0.2, -0.15) is 0 Å². The van der Waals surface area contributed by atoms with E-state index in [1.165, 1.54) is 12.8 Å². The fraction of sp³-hybridized carbons (Fsp3) is 0.917. The molecule has 3 heterocycles. The molecule has 0 radical (unpaired) electrons. The van der Waals surface area contributed by atoms with Crippen molar-refractivity contribution in [2.45, 2.75) is 45.3 Å². The van der Waals surface area contributed by atoms with Crippen LogP contribution in [-0.4, -0.2) is 42.3 Å². The first-order valence-electron chi connectivity index (χ1n) is 6.15. The highest BCUT2D eigenvalue weighted by Crippen LogP contribution is 2.22.